The van der Waals surface area contributed by atoms with Crippen LogP contribution in [0.5, 0.6) is 0 Å². The molecule has 0 heterocycles. The van der Waals surface area contributed by atoms with E-state index in [9.17, 15) is 0 Å². The number of aliphatic imine (C=N–C) groups is 1. The van der Waals surface area contributed by atoms with Crippen LogP contribution in [-0.4, -0.2) is 5.71 Å². The van der Waals surface area contributed by atoms with Crippen molar-refractivity contribution < 1.29 is 0 Å². The normalized spacial score (nSPS) is 12.0. The first-order valence-electron chi connectivity index (χ1n) is 5.45. The Labute approximate surface area is 107 Å². The standard InChI is InChI=1S/C14H16N4/c1-10(16)14(17)9-18-11(2)13-5-3-12(4-6-13)7-8-15/h3-6,9H,1,7,16-17H2,2H3/b14-9+,18-11?. The average Bonchev–Trinajstić information content (AvgIpc) is 2.36. The SMILES string of the molecule is C=C(N)/C(N)=C\N=C(C)c1ccc(CC#N)cc1. The molecule has 0 aliphatic carbocycles. The molecule has 0 radical (unpaired) electrons. The van der Waals surface area contributed by atoms with Gasteiger partial charge in [0.1, 0.15) is 0 Å². The van der Waals surface area contributed by atoms with Crippen LogP contribution in [0, 0.1) is 11.3 Å². The predicted molar refractivity (Wildman–Crippen MR) is 73.6 cm³/mol. The molecule has 0 amide bonds. The summed E-state index contributed by atoms with van der Waals surface area (Å²) in [5, 5.41) is 8.58. The molecule has 18 heavy (non-hydrogen) atoms. The zero-order chi connectivity index (χ0) is 13.5. The lowest BCUT2D eigenvalue weighted by atomic mass is 10.1. The van der Waals surface area contributed by atoms with Crippen LogP contribution >= 0.6 is 0 Å². The van der Waals surface area contributed by atoms with Gasteiger partial charge in [0.05, 0.1) is 24.4 Å². The lowest BCUT2D eigenvalue weighted by Crippen LogP contribution is -2.07. The molecule has 1 aromatic carbocycles. The van der Waals surface area contributed by atoms with E-state index in [1.165, 1.54) is 6.20 Å². The van der Waals surface area contributed by atoms with Gasteiger partial charge in [-0.05, 0) is 18.1 Å². The van der Waals surface area contributed by atoms with Gasteiger partial charge in [-0.1, -0.05) is 30.8 Å². The number of hydrogen-bond acceptors (Lipinski definition) is 4. The molecule has 0 aliphatic rings. The van der Waals surface area contributed by atoms with Crippen LogP contribution in [0.25, 0.3) is 0 Å². The van der Waals surface area contributed by atoms with Gasteiger partial charge >= 0.3 is 0 Å². The number of rotatable bonds is 4. The number of nitrogens with zero attached hydrogens (tertiary/aromatic N) is 2. The maximum absolute atomic E-state index is 8.58. The zero-order valence-corrected chi connectivity index (χ0v) is 10.4. The van der Waals surface area contributed by atoms with Crippen LogP contribution in [0.1, 0.15) is 18.1 Å². The average molecular weight is 240 g/mol. The van der Waals surface area contributed by atoms with Crippen molar-refractivity contribution in [3.8, 4) is 6.07 Å². The lowest BCUT2D eigenvalue weighted by Gasteiger charge is -2.01. The Kier molecular flexibility index (Phi) is 4.70. The quantitative estimate of drug-likeness (QED) is 0.621. The predicted octanol–water partition coefficient (Wildman–Crippen LogP) is 1.83. The molecule has 92 valence electrons. The minimum atomic E-state index is 0.302. The van der Waals surface area contributed by atoms with E-state index in [1.807, 2.05) is 31.2 Å². The molecule has 0 bridgehead atoms. The van der Waals surface area contributed by atoms with E-state index in [2.05, 4.69) is 17.6 Å². The maximum atomic E-state index is 8.58. The van der Waals surface area contributed by atoms with Crippen molar-refractivity contribution in [2.45, 2.75) is 13.3 Å². The first-order chi connectivity index (χ1) is 8.54. The molecule has 0 fully saturated rings. The van der Waals surface area contributed by atoms with E-state index in [-0.39, 0.29) is 0 Å². The number of nitriles is 1. The van der Waals surface area contributed by atoms with Gasteiger partial charge in [0.15, 0.2) is 0 Å². The number of hydrogen-bond donors (Lipinski definition) is 2. The van der Waals surface area contributed by atoms with E-state index in [4.69, 9.17) is 16.7 Å². The minimum absolute atomic E-state index is 0.302. The van der Waals surface area contributed by atoms with Crippen LogP contribution in [0.3, 0.4) is 0 Å². The van der Waals surface area contributed by atoms with Gasteiger partial charge in [0, 0.05) is 11.4 Å². The molecule has 1 rings (SSSR count). The van der Waals surface area contributed by atoms with Gasteiger partial charge in [0.25, 0.3) is 0 Å². The molecule has 0 unspecified atom stereocenters. The topological polar surface area (TPSA) is 88.2 Å². The Balaban J connectivity index is 2.88. The molecule has 0 saturated carbocycles. The van der Waals surface area contributed by atoms with E-state index >= 15 is 0 Å². The van der Waals surface area contributed by atoms with Gasteiger partial charge in [-0.15, -0.1) is 0 Å². The first kappa shape index (κ1) is 13.5. The van der Waals surface area contributed by atoms with Crippen molar-refractivity contribution in [2.75, 3.05) is 0 Å². The summed E-state index contributed by atoms with van der Waals surface area (Å²) in [5.41, 5.74) is 14.5. The number of nitrogens with two attached hydrogens (primary N) is 2. The van der Waals surface area contributed by atoms with Crippen molar-refractivity contribution in [1.29, 1.82) is 5.26 Å². The summed E-state index contributed by atoms with van der Waals surface area (Å²) in [4.78, 5) is 4.21. The third-order valence-corrected chi connectivity index (χ3v) is 2.42. The van der Waals surface area contributed by atoms with Crippen LogP contribution < -0.4 is 11.5 Å². The zero-order valence-electron chi connectivity index (χ0n) is 10.4. The summed E-state index contributed by atoms with van der Waals surface area (Å²) in [5.74, 6) is 0. The first-order valence-corrected chi connectivity index (χ1v) is 5.45. The minimum Gasteiger partial charge on any atom is -0.397 e. The largest absolute Gasteiger partial charge is 0.397 e. The molecule has 4 N–H and O–H groups in total. The molecule has 0 atom stereocenters. The van der Waals surface area contributed by atoms with Gasteiger partial charge in [-0.3, -0.25) is 4.99 Å². The van der Waals surface area contributed by atoms with Crippen molar-refractivity contribution in [2.24, 2.45) is 16.5 Å². The molecule has 1 aromatic rings. The smallest absolute Gasteiger partial charge is 0.0727 e. The summed E-state index contributed by atoms with van der Waals surface area (Å²) in [7, 11) is 0. The second kappa shape index (κ2) is 6.26. The Bertz CT molecular complexity index is 530. The van der Waals surface area contributed by atoms with E-state index in [1.54, 1.807) is 0 Å². The van der Waals surface area contributed by atoms with Crippen LogP contribution in [0.15, 0.2) is 53.4 Å². The van der Waals surface area contributed by atoms with Gasteiger partial charge in [0.2, 0.25) is 0 Å². The summed E-state index contributed by atoms with van der Waals surface area (Å²) in [6.07, 6.45) is 1.90. The highest BCUT2D eigenvalue weighted by Gasteiger charge is 1.97. The van der Waals surface area contributed by atoms with Gasteiger partial charge in [-0.25, -0.2) is 0 Å². The van der Waals surface area contributed by atoms with E-state index in [0.717, 1.165) is 16.8 Å². The van der Waals surface area contributed by atoms with Gasteiger partial charge < -0.3 is 11.5 Å². The van der Waals surface area contributed by atoms with Crippen LogP contribution in [-0.2, 0) is 6.42 Å². The Morgan fingerprint density at radius 3 is 2.50 bits per heavy atom. The molecular weight excluding hydrogens is 224 g/mol. The molecule has 0 aliphatic heterocycles. The molecule has 4 heteroatoms. The van der Waals surface area contributed by atoms with E-state index < -0.39 is 0 Å². The van der Waals surface area contributed by atoms with Gasteiger partial charge in [-0.2, -0.15) is 5.26 Å². The number of benzene rings is 1. The second-order valence-corrected chi connectivity index (χ2v) is 3.86. The fourth-order valence-corrected chi connectivity index (χ4v) is 1.28. The summed E-state index contributed by atoms with van der Waals surface area (Å²) in [6.45, 7) is 5.40. The highest BCUT2D eigenvalue weighted by atomic mass is 14.8. The van der Waals surface area contributed by atoms with E-state index in [0.29, 0.717) is 17.8 Å². The fraction of sp³-hybridized carbons (Fsp3) is 0.143. The highest BCUT2D eigenvalue weighted by molar-refractivity contribution is 5.99. The third kappa shape index (κ3) is 3.80. The lowest BCUT2D eigenvalue weighted by molar-refractivity contribution is 1.23. The molecule has 0 saturated heterocycles. The third-order valence-electron chi connectivity index (χ3n) is 2.42. The molecule has 4 nitrogen and oxygen atoms in total. The van der Waals surface area contributed by atoms with Crippen LogP contribution in [0.2, 0.25) is 0 Å². The highest BCUT2D eigenvalue weighted by Crippen LogP contribution is 2.07. The second-order valence-electron chi connectivity index (χ2n) is 3.86. The van der Waals surface area contributed by atoms with Crippen LogP contribution in [0.4, 0.5) is 0 Å². The summed E-state index contributed by atoms with van der Waals surface area (Å²) < 4.78 is 0. The Morgan fingerprint density at radius 2 is 2.00 bits per heavy atom. The van der Waals surface area contributed by atoms with Crippen molar-refractivity contribution >= 4 is 5.71 Å². The summed E-state index contributed by atoms with van der Waals surface area (Å²) in [6, 6.07) is 9.77. The van der Waals surface area contributed by atoms with Crippen molar-refractivity contribution in [1.82, 2.24) is 0 Å². The molecular formula is C14H16N4. The Morgan fingerprint density at radius 1 is 1.39 bits per heavy atom. The Hall–Kier alpha value is -2.54. The maximum Gasteiger partial charge on any atom is 0.0727 e. The van der Waals surface area contributed by atoms with Crippen molar-refractivity contribution in [3.63, 3.8) is 0 Å². The fourth-order valence-electron chi connectivity index (χ4n) is 1.28. The monoisotopic (exact) mass is 240 g/mol. The molecule has 0 spiro atoms. The van der Waals surface area contributed by atoms with Crippen molar-refractivity contribution in [3.05, 3.63) is 59.6 Å². The molecule has 0 aromatic heterocycles. The summed E-state index contributed by atoms with van der Waals surface area (Å²) >= 11 is 0.